The molecule has 0 bridgehead atoms. The van der Waals surface area contributed by atoms with Crippen molar-refractivity contribution in [1.29, 1.82) is 0 Å². The first kappa shape index (κ1) is 26.9. The van der Waals surface area contributed by atoms with E-state index in [0.29, 0.717) is 5.92 Å². The number of hydrogen-bond donors (Lipinski definition) is 0. The zero-order valence-corrected chi connectivity index (χ0v) is 21.0. The van der Waals surface area contributed by atoms with E-state index in [1.807, 2.05) is 0 Å². The molecule has 1 fully saturated rings. The van der Waals surface area contributed by atoms with Crippen molar-refractivity contribution >= 4 is 0 Å². The Bertz CT molecular complexity index is 430. The van der Waals surface area contributed by atoms with Gasteiger partial charge in [-0.3, -0.25) is 0 Å². The van der Waals surface area contributed by atoms with Gasteiger partial charge in [0.1, 0.15) is 0 Å². The van der Waals surface area contributed by atoms with E-state index in [1.165, 1.54) is 32.1 Å². The van der Waals surface area contributed by atoms with Crippen LogP contribution in [0.4, 0.5) is 0 Å². The molecule has 1 saturated carbocycles. The maximum Gasteiger partial charge on any atom is 0.239 e. The van der Waals surface area contributed by atoms with Crippen molar-refractivity contribution in [2.45, 2.75) is 150 Å². The van der Waals surface area contributed by atoms with Gasteiger partial charge in [0, 0.05) is 11.8 Å². The number of rotatable bonds is 14. The zero-order valence-electron chi connectivity index (χ0n) is 21.0. The van der Waals surface area contributed by atoms with Gasteiger partial charge in [0.2, 0.25) is 5.79 Å². The van der Waals surface area contributed by atoms with Crippen molar-refractivity contribution < 1.29 is 19.6 Å². The minimum Gasteiger partial charge on any atom is -0.228 e. The van der Waals surface area contributed by atoms with Gasteiger partial charge in [0.25, 0.3) is 0 Å². The summed E-state index contributed by atoms with van der Waals surface area (Å²) in [6, 6.07) is 0. The van der Waals surface area contributed by atoms with E-state index in [-0.39, 0.29) is 16.6 Å². The third-order valence-electron chi connectivity index (χ3n) is 6.48. The van der Waals surface area contributed by atoms with Gasteiger partial charge >= 0.3 is 0 Å². The zero-order chi connectivity index (χ0) is 22.2. The molecule has 0 aromatic carbocycles. The van der Waals surface area contributed by atoms with Crippen LogP contribution in [0.25, 0.3) is 0 Å². The number of unbranched alkanes of at least 4 members (excludes halogenated alkanes) is 4. The summed E-state index contributed by atoms with van der Waals surface area (Å²) < 4.78 is 0. The van der Waals surface area contributed by atoms with Gasteiger partial charge < -0.3 is 0 Å². The SMILES string of the molecule is CCCCCC(C)(C)OOC1(OOC(C)(C)CCCCC)CC(C)CCC1(C)C. The Hall–Kier alpha value is -0.160. The molecule has 0 amide bonds. The van der Waals surface area contributed by atoms with E-state index in [0.717, 1.165) is 38.5 Å². The summed E-state index contributed by atoms with van der Waals surface area (Å²) in [6.07, 6.45) is 12.0. The maximum atomic E-state index is 6.23. The van der Waals surface area contributed by atoms with Gasteiger partial charge in [-0.15, -0.1) is 0 Å². The Kier molecular flexibility index (Phi) is 10.6. The Labute approximate surface area is 181 Å². The number of hydrogen-bond acceptors (Lipinski definition) is 4. The molecule has 0 aliphatic heterocycles. The van der Waals surface area contributed by atoms with Crippen molar-refractivity contribution in [1.82, 2.24) is 0 Å². The molecule has 1 aliphatic rings. The Morgan fingerprint density at radius 3 is 1.66 bits per heavy atom. The molecule has 1 rings (SSSR count). The molecule has 29 heavy (non-hydrogen) atoms. The second-order valence-corrected chi connectivity index (χ2v) is 11.3. The van der Waals surface area contributed by atoms with Gasteiger partial charge in [-0.25, -0.2) is 9.78 Å². The minimum atomic E-state index is -0.894. The highest BCUT2D eigenvalue weighted by atomic mass is 17.3. The molecule has 0 N–H and O–H groups in total. The van der Waals surface area contributed by atoms with Gasteiger partial charge in [-0.2, -0.15) is 9.78 Å². The third kappa shape index (κ3) is 8.85. The summed E-state index contributed by atoms with van der Waals surface area (Å²) in [4.78, 5) is 24.6. The first-order valence-corrected chi connectivity index (χ1v) is 12.1. The quantitative estimate of drug-likeness (QED) is 0.124. The second kappa shape index (κ2) is 11.5. The predicted molar refractivity (Wildman–Crippen MR) is 120 cm³/mol. The summed E-state index contributed by atoms with van der Waals surface area (Å²) in [5.74, 6) is -0.393. The van der Waals surface area contributed by atoms with E-state index in [4.69, 9.17) is 19.6 Å². The Morgan fingerprint density at radius 2 is 1.24 bits per heavy atom. The first-order chi connectivity index (χ1) is 13.4. The standard InChI is InChI=1S/C25H50O4/c1-10-12-14-17-23(6,7)26-28-25(20-21(3)16-19-22(25,4)5)29-27-24(8,9)18-15-13-11-2/h21H,10-20H2,1-9H3. The Balaban J connectivity index is 2.87. The van der Waals surface area contributed by atoms with Crippen molar-refractivity contribution in [3.63, 3.8) is 0 Å². The largest absolute Gasteiger partial charge is 0.239 e. The third-order valence-corrected chi connectivity index (χ3v) is 6.48. The fourth-order valence-corrected chi connectivity index (χ4v) is 3.99. The lowest BCUT2D eigenvalue weighted by Gasteiger charge is -2.50. The fraction of sp³-hybridized carbons (Fsp3) is 1.00. The van der Waals surface area contributed by atoms with E-state index in [9.17, 15) is 0 Å². The van der Waals surface area contributed by atoms with Crippen LogP contribution in [0, 0.1) is 11.3 Å². The van der Waals surface area contributed by atoms with Crippen LogP contribution in [-0.4, -0.2) is 17.0 Å². The van der Waals surface area contributed by atoms with Gasteiger partial charge in [0.15, 0.2) is 0 Å². The van der Waals surface area contributed by atoms with Crippen LogP contribution >= 0.6 is 0 Å². The lowest BCUT2D eigenvalue weighted by Crippen LogP contribution is -2.55. The van der Waals surface area contributed by atoms with Crippen molar-refractivity contribution in [3.05, 3.63) is 0 Å². The van der Waals surface area contributed by atoms with Crippen LogP contribution in [0.2, 0.25) is 0 Å². The molecular weight excluding hydrogens is 364 g/mol. The van der Waals surface area contributed by atoms with Crippen molar-refractivity contribution in [3.8, 4) is 0 Å². The van der Waals surface area contributed by atoms with E-state index in [2.05, 4.69) is 62.3 Å². The monoisotopic (exact) mass is 414 g/mol. The second-order valence-electron chi connectivity index (χ2n) is 11.3. The lowest BCUT2D eigenvalue weighted by molar-refractivity contribution is -0.569. The summed E-state index contributed by atoms with van der Waals surface area (Å²) in [5, 5.41) is 0. The molecule has 0 aromatic rings. The molecule has 4 heteroatoms. The molecule has 0 saturated heterocycles. The molecule has 0 radical (unpaired) electrons. The molecule has 1 unspecified atom stereocenters. The van der Waals surface area contributed by atoms with Crippen LogP contribution in [-0.2, 0) is 19.6 Å². The van der Waals surface area contributed by atoms with Gasteiger partial charge in [-0.05, 0) is 59.3 Å². The van der Waals surface area contributed by atoms with E-state index >= 15 is 0 Å². The van der Waals surface area contributed by atoms with Crippen LogP contribution in [0.15, 0.2) is 0 Å². The highest BCUT2D eigenvalue weighted by molar-refractivity contribution is 4.92. The van der Waals surface area contributed by atoms with Crippen molar-refractivity contribution in [2.75, 3.05) is 0 Å². The summed E-state index contributed by atoms with van der Waals surface area (Å²) >= 11 is 0. The lowest BCUT2D eigenvalue weighted by atomic mass is 9.69. The molecule has 1 atom stereocenters. The minimum absolute atomic E-state index is 0.196. The van der Waals surface area contributed by atoms with Crippen LogP contribution in [0.3, 0.4) is 0 Å². The average Bonchev–Trinajstić information content (AvgIpc) is 2.62. The van der Waals surface area contributed by atoms with E-state index in [1.54, 1.807) is 0 Å². The summed E-state index contributed by atoms with van der Waals surface area (Å²) in [7, 11) is 0. The summed E-state index contributed by atoms with van der Waals surface area (Å²) in [5.41, 5.74) is -0.892. The Morgan fingerprint density at radius 1 is 0.793 bits per heavy atom. The summed E-state index contributed by atoms with van der Waals surface area (Å²) in [6.45, 7) is 19.5. The van der Waals surface area contributed by atoms with Crippen LogP contribution < -0.4 is 0 Å². The normalized spacial score (nSPS) is 22.0. The van der Waals surface area contributed by atoms with E-state index < -0.39 is 5.79 Å². The molecule has 0 spiro atoms. The highest BCUT2D eigenvalue weighted by Crippen LogP contribution is 2.50. The molecular formula is C25H50O4. The molecule has 1 aliphatic carbocycles. The maximum absolute atomic E-state index is 6.23. The first-order valence-electron chi connectivity index (χ1n) is 12.1. The smallest absolute Gasteiger partial charge is 0.228 e. The highest BCUT2D eigenvalue weighted by Gasteiger charge is 2.55. The van der Waals surface area contributed by atoms with Crippen LogP contribution in [0.1, 0.15) is 133 Å². The average molecular weight is 415 g/mol. The molecule has 4 nitrogen and oxygen atoms in total. The van der Waals surface area contributed by atoms with Gasteiger partial charge in [-0.1, -0.05) is 73.1 Å². The van der Waals surface area contributed by atoms with Gasteiger partial charge in [0.05, 0.1) is 11.2 Å². The predicted octanol–water partition coefficient (Wildman–Crippen LogP) is 8.14. The molecule has 174 valence electrons. The molecule has 0 aromatic heterocycles. The topological polar surface area (TPSA) is 36.9 Å². The van der Waals surface area contributed by atoms with Crippen LogP contribution in [0.5, 0.6) is 0 Å². The fourth-order valence-electron chi connectivity index (χ4n) is 3.99. The van der Waals surface area contributed by atoms with Crippen molar-refractivity contribution in [2.24, 2.45) is 11.3 Å². The molecule has 0 heterocycles.